The molecule has 0 aliphatic rings. The molecule has 0 aliphatic heterocycles. The number of benzene rings is 1. The van der Waals surface area contributed by atoms with Crippen molar-refractivity contribution in [3.8, 4) is 0 Å². The first-order valence-corrected chi connectivity index (χ1v) is 6.70. The Bertz CT molecular complexity index is 374. The van der Waals surface area contributed by atoms with Crippen molar-refractivity contribution in [1.82, 2.24) is 0 Å². The lowest BCUT2D eigenvalue weighted by Crippen LogP contribution is -2.14. The highest BCUT2D eigenvalue weighted by Crippen LogP contribution is 2.17. The molecule has 17 heavy (non-hydrogen) atoms. The van der Waals surface area contributed by atoms with Gasteiger partial charge in [-0.25, -0.2) is 0 Å². The molecule has 0 spiro atoms. The Morgan fingerprint density at radius 1 is 1.29 bits per heavy atom. The van der Waals surface area contributed by atoms with E-state index in [1.165, 1.54) is 31.2 Å². The van der Waals surface area contributed by atoms with Gasteiger partial charge in [-0.2, -0.15) is 0 Å². The number of rotatable bonds is 7. The average Bonchev–Trinajstić information content (AvgIpc) is 2.28. The summed E-state index contributed by atoms with van der Waals surface area (Å²) >= 11 is 5.05. The molecule has 0 aromatic heterocycles. The number of hydrogen-bond donors (Lipinski definition) is 2. The molecule has 0 atom stereocenters. The van der Waals surface area contributed by atoms with Crippen molar-refractivity contribution in [3.05, 3.63) is 29.3 Å². The van der Waals surface area contributed by atoms with E-state index >= 15 is 0 Å². The van der Waals surface area contributed by atoms with Crippen molar-refractivity contribution >= 4 is 22.9 Å². The molecule has 1 aromatic rings. The van der Waals surface area contributed by atoms with Crippen LogP contribution in [0.3, 0.4) is 0 Å². The van der Waals surface area contributed by atoms with Gasteiger partial charge >= 0.3 is 0 Å². The van der Waals surface area contributed by atoms with E-state index < -0.39 is 0 Å². The number of thiocarbonyl (C=S) groups is 1. The quantitative estimate of drug-likeness (QED) is 0.573. The van der Waals surface area contributed by atoms with E-state index in [9.17, 15) is 0 Å². The molecule has 0 aliphatic carbocycles. The van der Waals surface area contributed by atoms with E-state index in [2.05, 4.69) is 25.2 Å². The number of aryl methyl sites for hydroxylation is 1. The van der Waals surface area contributed by atoms with Crippen LogP contribution in [-0.4, -0.2) is 11.5 Å². The second kappa shape index (κ2) is 7.28. The average molecular weight is 250 g/mol. The summed E-state index contributed by atoms with van der Waals surface area (Å²) in [4.78, 5) is 0.459. The minimum absolute atomic E-state index is 0.459. The first kappa shape index (κ1) is 14.0. The highest BCUT2D eigenvalue weighted by Gasteiger charge is 2.04. The Labute approximate surface area is 110 Å². The molecule has 1 aromatic carbocycles. The predicted molar refractivity (Wildman–Crippen MR) is 79.7 cm³/mol. The molecule has 0 heterocycles. The van der Waals surface area contributed by atoms with Gasteiger partial charge in [-0.15, -0.1) is 0 Å². The van der Waals surface area contributed by atoms with E-state index in [-0.39, 0.29) is 0 Å². The molecule has 0 fully saturated rings. The zero-order chi connectivity index (χ0) is 12.7. The summed E-state index contributed by atoms with van der Waals surface area (Å²) in [5.74, 6) is 0. The van der Waals surface area contributed by atoms with Crippen LogP contribution in [0, 0.1) is 6.92 Å². The van der Waals surface area contributed by atoms with Crippen LogP contribution in [0.5, 0.6) is 0 Å². The molecule has 2 nitrogen and oxygen atoms in total. The lowest BCUT2D eigenvalue weighted by Gasteiger charge is -2.12. The van der Waals surface area contributed by atoms with Gasteiger partial charge in [-0.05, 0) is 31.0 Å². The molecular weight excluding hydrogens is 228 g/mol. The Kier molecular flexibility index (Phi) is 5.98. The zero-order valence-electron chi connectivity index (χ0n) is 10.8. The number of nitrogens with two attached hydrogens (primary N) is 1. The molecule has 0 bridgehead atoms. The van der Waals surface area contributed by atoms with E-state index in [0.717, 1.165) is 17.8 Å². The van der Waals surface area contributed by atoms with Crippen molar-refractivity contribution in [2.75, 3.05) is 11.9 Å². The Morgan fingerprint density at radius 3 is 2.71 bits per heavy atom. The number of nitrogens with one attached hydrogen (secondary N) is 1. The van der Waals surface area contributed by atoms with Gasteiger partial charge in [0.25, 0.3) is 0 Å². The van der Waals surface area contributed by atoms with Gasteiger partial charge in [0.05, 0.1) is 0 Å². The SMILES string of the molecule is CCCCCCNc1cc(C)ccc1C(N)=S. The van der Waals surface area contributed by atoms with Crippen molar-refractivity contribution < 1.29 is 0 Å². The standard InChI is InChI=1S/C14H22N2S/c1-3-4-5-6-9-16-13-10-11(2)7-8-12(13)14(15)17/h7-8,10,16H,3-6,9H2,1-2H3,(H2,15,17). The normalized spacial score (nSPS) is 10.2. The predicted octanol–water partition coefficient (Wildman–Crippen LogP) is 3.62. The maximum Gasteiger partial charge on any atom is 0.106 e. The van der Waals surface area contributed by atoms with Gasteiger partial charge < -0.3 is 11.1 Å². The second-order valence-electron chi connectivity index (χ2n) is 4.40. The van der Waals surface area contributed by atoms with Gasteiger partial charge in [0, 0.05) is 17.8 Å². The molecule has 0 saturated carbocycles. The fourth-order valence-electron chi connectivity index (χ4n) is 1.79. The zero-order valence-corrected chi connectivity index (χ0v) is 11.6. The van der Waals surface area contributed by atoms with E-state index in [4.69, 9.17) is 18.0 Å². The van der Waals surface area contributed by atoms with Gasteiger partial charge in [0.1, 0.15) is 4.99 Å². The van der Waals surface area contributed by atoms with E-state index in [1.807, 2.05) is 12.1 Å². The maximum atomic E-state index is 5.71. The molecule has 0 radical (unpaired) electrons. The van der Waals surface area contributed by atoms with E-state index in [1.54, 1.807) is 0 Å². The third kappa shape index (κ3) is 4.73. The van der Waals surface area contributed by atoms with Crippen LogP contribution in [-0.2, 0) is 0 Å². The number of anilines is 1. The van der Waals surface area contributed by atoms with Gasteiger partial charge in [0.15, 0.2) is 0 Å². The molecule has 0 amide bonds. The summed E-state index contributed by atoms with van der Waals surface area (Å²) in [5.41, 5.74) is 8.94. The van der Waals surface area contributed by atoms with Gasteiger partial charge in [0.2, 0.25) is 0 Å². The topological polar surface area (TPSA) is 38.0 Å². The lowest BCUT2D eigenvalue weighted by atomic mass is 10.1. The van der Waals surface area contributed by atoms with Gasteiger partial charge in [-0.3, -0.25) is 0 Å². The molecule has 3 N–H and O–H groups in total. The van der Waals surface area contributed by atoms with Crippen LogP contribution in [0.15, 0.2) is 18.2 Å². The Balaban J connectivity index is 2.56. The number of unbranched alkanes of at least 4 members (excludes halogenated alkanes) is 3. The summed E-state index contributed by atoms with van der Waals surface area (Å²) in [6.07, 6.45) is 5.04. The summed E-state index contributed by atoms with van der Waals surface area (Å²) < 4.78 is 0. The summed E-state index contributed by atoms with van der Waals surface area (Å²) in [6, 6.07) is 6.14. The Morgan fingerprint density at radius 2 is 2.06 bits per heavy atom. The molecule has 1 rings (SSSR count). The van der Waals surface area contributed by atoms with E-state index in [0.29, 0.717) is 4.99 Å². The first-order valence-electron chi connectivity index (χ1n) is 6.29. The minimum Gasteiger partial charge on any atom is -0.389 e. The highest BCUT2D eigenvalue weighted by molar-refractivity contribution is 7.80. The van der Waals surface area contributed by atoms with Crippen molar-refractivity contribution in [2.45, 2.75) is 39.5 Å². The van der Waals surface area contributed by atoms with Crippen LogP contribution < -0.4 is 11.1 Å². The number of hydrogen-bond acceptors (Lipinski definition) is 2. The lowest BCUT2D eigenvalue weighted by molar-refractivity contribution is 0.685. The second-order valence-corrected chi connectivity index (χ2v) is 4.84. The third-order valence-corrected chi connectivity index (χ3v) is 3.01. The van der Waals surface area contributed by atoms with Crippen molar-refractivity contribution in [2.24, 2.45) is 5.73 Å². The monoisotopic (exact) mass is 250 g/mol. The third-order valence-electron chi connectivity index (χ3n) is 2.79. The largest absolute Gasteiger partial charge is 0.389 e. The molecule has 0 saturated heterocycles. The summed E-state index contributed by atoms with van der Waals surface area (Å²) in [5, 5.41) is 3.43. The fourth-order valence-corrected chi connectivity index (χ4v) is 1.97. The van der Waals surface area contributed by atoms with Crippen molar-refractivity contribution in [1.29, 1.82) is 0 Å². The molecule has 0 unspecified atom stereocenters. The summed E-state index contributed by atoms with van der Waals surface area (Å²) in [7, 11) is 0. The minimum atomic E-state index is 0.459. The van der Waals surface area contributed by atoms with Crippen molar-refractivity contribution in [3.63, 3.8) is 0 Å². The summed E-state index contributed by atoms with van der Waals surface area (Å²) in [6.45, 7) is 5.28. The van der Waals surface area contributed by atoms with Crippen LogP contribution in [0.4, 0.5) is 5.69 Å². The highest BCUT2D eigenvalue weighted by atomic mass is 32.1. The first-order chi connectivity index (χ1) is 8.15. The fraction of sp³-hybridized carbons (Fsp3) is 0.500. The smallest absolute Gasteiger partial charge is 0.106 e. The van der Waals surface area contributed by atoms with Crippen LogP contribution in [0.2, 0.25) is 0 Å². The molecular formula is C14H22N2S. The van der Waals surface area contributed by atoms with Crippen LogP contribution in [0.25, 0.3) is 0 Å². The van der Waals surface area contributed by atoms with Crippen LogP contribution >= 0.6 is 12.2 Å². The van der Waals surface area contributed by atoms with Crippen LogP contribution in [0.1, 0.15) is 43.7 Å². The Hall–Kier alpha value is -1.09. The maximum absolute atomic E-state index is 5.71. The molecule has 3 heteroatoms. The van der Waals surface area contributed by atoms with Gasteiger partial charge in [-0.1, -0.05) is 44.5 Å². The molecule has 94 valence electrons.